The monoisotopic (exact) mass is 305 g/mol. The maximum atomic E-state index is 11.7. The molecule has 0 saturated carbocycles. The second-order valence-corrected chi connectivity index (χ2v) is 4.59. The largest absolute Gasteiger partial charge is 0.361 e. The van der Waals surface area contributed by atoms with E-state index >= 15 is 0 Å². The van der Waals surface area contributed by atoms with Crippen LogP contribution in [0.2, 0.25) is 0 Å². The van der Waals surface area contributed by atoms with Gasteiger partial charge in [0.2, 0.25) is 0 Å². The number of amides is 1. The van der Waals surface area contributed by atoms with Gasteiger partial charge in [-0.05, 0) is 28.1 Å². The van der Waals surface area contributed by atoms with Crippen molar-refractivity contribution in [2.24, 2.45) is 5.10 Å². The molecule has 0 atom stereocenters. The predicted octanol–water partition coefficient (Wildman–Crippen LogP) is 1.42. The maximum absolute atomic E-state index is 11.7. The Balaban J connectivity index is 2.01. The fourth-order valence-electron chi connectivity index (χ4n) is 1.67. The number of nitrogens with one attached hydrogen (secondary N) is 3. The maximum Gasteiger partial charge on any atom is 0.273 e. The van der Waals surface area contributed by atoms with Crippen LogP contribution in [-0.4, -0.2) is 26.6 Å². The Hall–Kier alpha value is -2.15. The molecule has 0 radical (unpaired) electrons. The smallest absolute Gasteiger partial charge is 0.273 e. The minimum absolute atomic E-state index is 0.243. The van der Waals surface area contributed by atoms with E-state index in [1.807, 2.05) is 6.07 Å². The van der Waals surface area contributed by atoms with Gasteiger partial charge < -0.3 is 9.97 Å². The number of halogens is 1. The molecular formula is C11H8BrN5O. The number of hydrogen-bond donors (Lipinski definition) is 3. The Bertz CT molecular complexity index is 653. The average Bonchev–Trinajstić information content (AvgIpc) is 3.03. The quantitative estimate of drug-likeness (QED) is 0.733. The molecule has 3 heterocycles. The average molecular weight is 306 g/mol. The molecule has 0 aliphatic carbocycles. The number of imidazole rings is 1. The van der Waals surface area contributed by atoms with Crippen molar-refractivity contribution >= 4 is 33.6 Å². The molecule has 2 aromatic heterocycles. The summed E-state index contributed by atoms with van der Waals surface area (Å²) in [4.78, 5) is 21.8. The van der Waals surface area contributed by atoms with Gasteiger partial charge in [-0.1, -0.05) is 0 Å². The van der Waals surface area contributed by atoms with Crippen LogP contribution >= 0.6 is 15.9 Å². The highest BCUT2D eigenvalue weighted by Crippen LogP contribution is 2.17. The van der Waals surface area contributed by atoms with Gasteiger partial charge in [-0.15, -0.1) is 0 Å². The summed E-state index contributed by atoms with van der Waals surface area (Å²) in [5, 5.41) is 3.97. The van der Waals surface area contributed by atoms with Gasteiger partial charge >= 0.3 is 0 Å². The van der Waals surface area contributed by atoms with Crippen LogP contribution in [0.25, 0.3) is 6.08 Å². The second kappa shape index (κ2) is 4.26. The van der Waals surface area contributed by atoms with Crippen molar-refractivity contribution in [3.63, 3.8) is 0 Å². The fourth-order valence-corrected chi connectivity index (χ4v) is 2.03. The number of carbonyl (C=O) groups excluding carboxylic acids is 1. The first-order valence-electron chi connectivity index (χ1n) is 5.18. The second-order valence-electron chi connectivity index (χ2n) is 3.67. The van der Waals surface area contributed by atoms with Crippen molar-refractivity contribution in [1.82, 2.24) is 20.4 Å². The van der Waals surface area contributed by atoms with Crippen LogP contribution in [0.5, 0.6) is 0 Å². The Morgan fingerprint density at radius 3 is 2.89 bits per heavy atom. The summed E-state index contributed by atoms with van der Waals surface area (Å²) in [6, 6.07) is 1.87. The van der Waals surface area contributed by atoms with Crippen LogP contribution < -0.4 is 5.43 Å². The Morgan fingerprint density at radius 2 is 2.22 bits per heavy atom. The lowest BCUT2D eigenvalue weighted by atomic mass is 10.1. The molecule has 0 bridgehead atoms. The topological polar surface area (TPSA) is 85.9 Å². The van der Waals surface area contributed by atoms with Gasteiger partial charge in [0.15, 0.2) is 5.82 Å². The normalized spacial score (nSPS) is 17.1. The highest BCUT2D eigenvalue weighted by atomic mass is 79.9. The van der Waals surface area contributed by atoms with Crippen molar-refractivity contribution < 1.29 is 4.79 Å². The molecular weight excluding hydrogens is 298 g/mol. The minimum Gasteiger partial charge on any atom is -0.361 e. The first-order chi connectivity index (χ1) is 8.74. The third-order valence-electron chi connectivity index (χ3n) is 2.46. The number of H-pyrrole nitrogens is 2. The summed E-state index contributed by atoms with van der Waals surface area (Å²) in [6.07, 6.45) is 6.82. The van der Waals surface area contributed by atoms with Gasteiger partial charge in [-0.3, -0.25) is 4.79 Å². The van der Waals surface area contributed by atoms with Crippen molar-refractivity contribution in [3.05, 3.63) is 46.2 Å². The molecule has 2 aromatic rings. The van der Waals surface area contributed by atoms with E-state index in [2.05, 4.69) is 41.4 Å². The molecule has 0 spiro atoms. The summed E-state index contributed by atoms with van der Waals surface area (Å²) in [5.41, 5.74) is 4.22. The van der Waals surface area contributed by atoms with E-state index < -0.39 is 0 Å². The van der Waals surface area contributed by atoms with Gasteiger partial charge in [0, 0.05) is 28.8 Å². The Labute approximate surface area is 110 Å². The number of rotatable bonds is 2. The van der Waals surface area contributed by atoms with Gasteiger partial charge in [-0.25, -0.2) is 10.4 Å². The SMILES string of the molecule is O=C1NN=C(c2ncc[nH]2)C1=Cc1cc(Br)c[nH]1. The minimum atomic E-state index is -0.243. The van der Waals surface area contributed by atoms with Crippen LogP contribution in [0.4, 0.5) is 0 Å². The highest BCUT2D eigenvalue weighted by molar-refractivity contribution is 9.10. The summed E-state index contributed by atoms with van der Waals surface area (Å²) >= 11 is 3.34. The number of aromatic nitrogens is 3. The van der Waals surface area contributed by atoms with Crippen molar-refractivity contribution in [2.75, 3.05) is 0 Å². The Kier molecular flexibility index (Phi) is 2.60. The van der Waals surface area contributed by atoms with E-state index in [1.165, 1.54) is 0 Å². The highest BCUT2D eigenvalue weighted by Gasteiger charge is 2.25. The van der Waals surface area contributed by atoms with Crippen molar-refractivity contribution in [3.8, 4) is 0 Å². The molecule has 0 fully saturated rings. The molecule has 90 valence electrons. The molecule has 0 unspecified atom stereocenters. The molecule has 1 aliphatic heterocycles. The zero-order chi connectivity index (χ0) is 12.5. The predicted molar refractivity (Wildman–Crippen MR) is 69.7 cm³/mol. The van der Waals surface area contributed by atoms with Crippen LogP contribution in [0.1, 0.15) is 11.5 Å². The third-order valence-corrected chi connectivity index (χ3v) is 2.92. The van der Waals surface area contributed by atoms with Gasteiger partial charge in [0.05, 0.1) is 5.57 Å². The lowest BCUT2D eigenvalue weighted by Crippen LogP contribution is -2.14. The number of hydrogen-bond acceptors (Lipinski definition) is 3. The third kappa shape index (κ3) is 1.88. The van der Waals surface area contributed by atoms with Crippen LogP contribution in [0, 0.1) is 0 Å². The number of nitrogens with zero attached hydrogens (tertiary/aromatic N) is 2. The van der Waals surface area contributed by atoms with E-state index in [4.69, 9.17) is 0 Å². The van der Waals surface area contributed by atoms with E-state index in [-0.39, 0.29) is 5.91 Å². The summed E-state index contributed by atoms with van der Waals surface area (Å²) in [5.74, 6) is 0.317. The summed E-state index contributed by atoms with van der Waals surface area (Å²) < 4.78 is 0.921. The van der Waals surface area contributed by atoms with Crippen LogP contribution in [0.15, 0.2) is 39.8 Å². The van der Waals surface area contributed by atoms with Crippen LogP contribution in [0.3, 0.4) is 0 Å². The molecule has 7 heteroatoms. The van der Waals surface area contributed by atoms with E-state index in [1.54, 1.807) is 24.7 Å². The first kappa shape index (κ1) is 11.0. The molecule has 18 heavy (non-hydrogen) atoms. The lowest BCUT2D eigenvalue weighted by molar-refractivity contribution is -0.116. The zero-order valence-corrected chi connectivity index (χ0v) is 10.7. The van der Waals surface area contributed by atoms with Gasteiger partial charge in [0.25, 0.3) is 5.91 Å². The molecule has 1 amide bonds. The number of carbonyl (C=O) groups is 1. The van der Waals surface area contributed by atoms with E-state index in [0.717, 1.165) is 10.2 Å². The van der Waals surface area contributed by atoms with Gasteiger partial charge in [-0.2, -0.15) is 5.10 Å². The first-order valence-corrected chi connectivity index (χ1v) is 5.97. The van der Waals surface area contributed by atoms with Crippen molar-refractivity contribution in [2.45, 2.75) is 0 Å². The zero-order valence-electron chi connectivity index (χ0n) is 9.07. The van der Waals surface area contributed by atoms with Crippen molar-refractivity contribution in [1.29, 1.82) is 0 Å². The lowest BCUT2D eigenvalue weighted by Gasteiger charge is -1.96. The molecule has 1 aliphatic rings. The van der Waals surface area contributed by atoms with E-state index in [9.17, 15) is 4.79 Å². The standard InChI is InChI=1S/C11H8BrN5O/c12-6-3-7(15-5-6)4-8-9(16-17-11(8)18)10-13-1-2-14-10/h1-5,15H,(H,13,14)(H,17,18). The molecule has 0 saturated heterocycles. The fraction of sp³-hybridized carbons (Fsp3) is 0. The van der Waals surface area contributed by atoms with E-state index in [0.29, 0.717) is 17.1 Å². The number of hydrazone groups is 1. The molecule has 3 N–H and O–H groups in total. The molecule has 6 nitrogen and oxygen atoms in total. The summed E-state index contributed by atoms with van der Waals surface area (Å²) in [6.45, 7) is 0. The van der Waals surface area contributed by atoms with Crippen LogP contribution in [-0.2, 0) is 4.79 Å². The number of aromatic amines is 2. The molecule has 3 rings (SSSR count). The summed E-state index contributed by atoms with van der Waals surface area (Å²) in [7, 11) is 0. The Morgan fingerprint density at radius 1 is 1.33 bits per heavy atom. The van der Waals surface area contributed by atoms with Gasteiger partial charge in [0.1, 0.15) is 5.71 Å². The molecule has 0 aromatic carbocycles.